The Morgan fingerprint density at radius 1 is 0.957 bits per heavy atom. The summed E-state index contributed by atoms with van der Waals surface area (Å²) in [5, 5.41) is 8.10. The van der Waals surface area contributed by atoms with E-state index in [4.69, 9.17) is 13.9 Å². The number of benzene rings is 2. The number of nitrogens with zero attached hydrogens (tertiary/aromatic N) is 2. The lowest BCUT2D eigenvalue weighted by atomic mass is 10.1. The molecule has 2 aromatic carbocycles. The monoisotopic (exact) mass is 310 g/mol. The van der Waals surface area contributed by atoms with Crippen molar-refractivity contribution in [1.29, 1.82) is 0 Å². The maximum absolute atomic E-state index is 5.72. The maximum Gasteiger partial charge on any atom is 0.254 e. The van der Waals surface area contributed by atoms with E-state index in [0.29, 0.717) is 23.3 Å². The fourth-order valence-corrected chi connectivity index (χ4v) is 2.24. The molecule has 0 bridgehead atoms. The Morgan fingerprint density at radius 3 is 2.57 bits per heavy atom. The fraction of sp³-hybridized carbons (Fsp3) is 0.222. The third kappa shape index (κ3) is 3.51. The number of aromatic nitrogens is 2. The number of hydrogen-bond donors (Lipinski definition) is 0. The van der Waals surface area contributed by atoms with Gasteiger partial charge in [0.25, 0.3) is 5.89 Å². The normalized spacial score (nSPS) is 10.6. The quantitative estimate of drug-likeness (QED) is 0.714. The molecule has 5 heteroatoms. The van der Waals surface area contributed by atoms with Crippen molar-refractivity contribution in [2.75, 3.05) is 7.11 Å². The van der Waals surface area contributed by atoms with Crippen LogP contribution in [0.3, 0.4) is 0 Å². The molecule has 5 nitrogen and oxygen atoms in total. The van der Waals surface area contributed by atoms with E-state index in [0.717, 1.165) is 16.7 Å². The molecule has 0 unspecified atom stereocenters. The lowest BCUT2D eigenvalue weighted by Gasteiger charge is -2.09. The Bertz CT molecular complexity index is 812. The minimum absolute atomic E-state index is 0.193. The Balaban J connectivity index is 1.73. The summed E-state index contributed by atoms with van der Waals surface area (Å²) in [6.07, 6.45) is 0. The first-order valence-corrected chi connectivity index (χ1v) is 7.32. The summed E-state index contributed by atoms with van der Waals surface area (Å²) >= 11 is 0. The standard InChI is InChI=1S/C18H18N2O3/c1-12-5-4-6-14(9-12)18-20-19-17(23-18)11-22-15-8-7-13(2)10-16(15)21-3/h4-10H,11H2,1-3H3. The van der Waals surface area contributed by atoms with E-state index in [1.165, 1.54) is 0 Å². The van der Waals surface area contributed by atoms with Gasteiger partial charge in [-0.25, -0.2) is 0 Å². The predicted molar refractivity (Wildman–Crippen MR) is 86.5 cm³/mol. The molecule has 0 atom stereocenters. The summed E-state index contributed by atoms with van der Waals surface area (Å²) in [4.78, 5) is 0. The minimum Gasteiger partial charge on any atom is -0.493 e. The van der Waals surface area contributed by atoms with E-state index in [9.17, 15) is 0 Å². The van der Waals surface area contributed by atoms with Crippen LogP contribution >= 0.6 is 0 Å². The highest BCUT2D eigenvalue weighted by molar-refractivity contribution is 5.53. The van der Waals surface area contributed by atoms with Gasteiger partial charge >= 0.3 is 0 Å². The number of methoxy groups -OCH3 is 1. The molecule has 0 amide bonds. The zero-order valence-electron chi connectivity index (χ0n) is 13.4. The van der Waals surface area contributed by atoms with Gasteiger partial charge in [0.05, 0.1) is 7.11 Å². The van der Waals surface area contributed by atoms with Gasteiger partial charge in [0.1, 0.15) is 0 Å². The van der Waals surface area contributed by atoms with Crippen LogP contribution in [0.1, 0.15) is 17.0 Å². The zero-order chi connectivity index (χ0) is 16.2. The van der Waals surface area contributed by atoms with Gasteiger partial charge in [0.15, 0.2) is 18.1 Å². The van der Waals surface area contributed by atoms with Crippen molar-refractivity contribution in [3.05, 3.63) is 59.5 Å². The Morgan fingerprint density at radius 2 is 1.78 bits per heavy atom. The van der Waals surface area contributed by atoms with Gasteiger partial charge in [0.2, 0.25) is 5.89 Å². The topological polar surface area (TPSA) is 57.4 Å². The van der Waals surface area contributed by atoms with Crippen LogP contribution in [0.5, 0.6) is 11.5 Å². The van der Waals surface area contributed by atoms with Crippen molar-refractivity contribution in [3.8, 4) is 23.0 Å². The van der Waals surface area contributed by atoms with Crippen molar-refractivity contribution in [2.24, 2.45) is 0 Å². The van der Waals surface area contributed by atoms with E-state index in [-0.39, 0.29) is 6.61 Å². The molecular weight excluding hydrogens is 292 g/mol. The minimum atomic E-state index is 0.193. The SMILES string of the molecule is COc1cc(C)ccc1OCc1nnc(-c2cccc(C)c2)o1. The first kappa shape index (κ1) is 15.1. The van der Waals surface area contributed by atoms with Crippen molar-refractivity contribution in [2.45, 2.75) is 20.5 Å². The van der Waals surface area contributed by atoms with E-state index in [1.54, 1.807) is 7.11 Å². The first-order chi connectivity index (χ1) is 11.2. The molecule has 0 aliphatic carbocycles. The number of hydrogen-bond acceptors (Lipinski definition) is 5. The van der Waals surface area contributed by atoms with Crippen LogP contribution in [0.2, 0.25) is 0 Å². The average molecular weight is 310 g/mol. The molecule has 3 aromatic rings. The molecule has 0 fully saturated rings. The molecule has 118 valence electrons. The predicted octanol–water partition coefficient (Wildman–Crippen LogP) is 3.94. The van der Waals surface area contributed by atoms with E-state index in [2.05, 4.69) is 10.2 Å². The molecular formula is C18H18N2O3. The number of rotatable bonds is 5. The molecule has 0 saturated heterocycles. The van der Waals surface area contributed by atoms with Crippen molar-refractivity contribution < 1.29 is 13.9 Å². The van der Waals surface area contributed by atoms with E-state index < -0.39 is 0 Å². The van der Waals surface area contributed by atoms with Crippen LogP contribution in [-0.2, 0) is 6.61 Å². The molecule has 0 saturated carbocycles. The fourth-order valence-electron chi connectivity index (χ4n) is 2.24. The summed E-state index contributed by atoms with van der Waals surface area (Å²) in [6, 6.07) is 13.7. The van der Waals surface area contributed by atoms with Crippen LogP contribution in [-0.4, -0.2) is 17.3 Å². The van der Waals surface area contributed by atoms with Crippen LogP contribution < -0.4 is 9.47 Å². The molecule has 23 heavy (non-hydrogen) atoms. The van der Waals surface area contributed by atoms with E-state index in [1.807, 2.05) is 56.3 Å². The van der Waals surface area contributed by atoms with Crippen molar-refractivity contribution in [1.82, 2.24) is 10.2 Å². The lowest BCUT2D eigenvalue weighted by Crippen LogP contribution is -1.98. The van der Waals surface area contributed by atoms with Gasteiger partial charge in [0, 0.05) is 5.56 Å². The van der Waals surface area contributed by atoms with Crippen LogP contribution in [0.4, 0.5) is 0 Å². The van der Waals surface area contributed by atoms with Crippen LogP contribution in [0, 0.1) is 13.8 Å². The molecule has 0 aliphatic rings. The Labute approximate surface area is 134 Å². The highest BCUT2D eigenvalue weighted by atomic mass is 16.5. The molecule has 1 aromatic heterocycles. The van der Waals surface area contributed by atoms with Crippen molar-refractivity contribution in [3.63, 3.8) is 0 Å². The highest BCUT2D eigenvalue weighted by Gasteiger charge is 2.11. The van der Waals surface area contributed by atoms with Crippen LogP contribution in [0.15, 0.2) is 46.9 Å². The molecule has 1 heterocycles. The smallest absolute Gasteiger partial charge is 0.254 e. The van der Waals surface area contributed by atoms with Crippen LogP contribution in [0.25, 0.3) is 11.5 Å². The third-order valence-corrected chi connectivity index (χ3v) is 3.40. The van der Waals surface area contributed by atoms with Gasteiger partial charge in [-0.3, -0.25) is 0 Å². The first-order valence-electron chi connectivity index (χ1n) is 7.32. The van der Waals surface area contributed by atoms with Gasteiger partial charge in [-0.1, -0.05) is 23.8 Å². The Kier molecular flexibility index (Phi) is 4.28. The number of aryl methyl sites for hydroxylation is 2. The second-order valence-electron chi connectivity index (χ2n) is 5.31. The summed E-state index contributed by atoms with van der Waals surface area (Å²) in [7, 11) is 1.62. The number of ether oxygens (including phenoxy) is 2. The maximum atomic E-state index is 5.72. The Hall–Kier alpha value is -2.82. The lowest BCUT2D eigenvalue weighted by molar-refractivity contribution is 0.251. The molecule has 0 spiro atoms. The molecule has 0 N–H and O–H groups in total. The second kappa shape index (κ2) is 6.52. The van der Waals surface area contributed by atoms with E-state index >= 15 is 0 Å². The third-order valence-electron chi connectivity index (χ3n) is 3.40. The zero-order valence-corrected chi connectivity index (χ0v) is 13.4. The van der Waals surface area contributed by atoms with Gasteiger partial charge in [-0.15, -0.1) is 10.2 Å². The largest absolute Gasteiger partial charge is 0.493 e. The van der Waals surface area contributed by atoms with Gasteiger partial charge in [-0.2, -0.15) is 0 Å². The molecule has 3 rings (SSSR count). The summed E-state index contributed by atoms with van der Waals surface area (Å²) in [5.74, 6) is 2.24. The van der Waals surface area contributed by atoms with Crippen molar-refractivity contribution >= 4 is 0 Å². The summed E-state index contributed by atoms with van der Waals surface area (Å²) in [5.41, 5.74) is 3.15. The molecule has 0 aliphatic heterocycles. The van der Waals surface area contributed by atoms with Gasteiger partial charge < -0.3 is 13.9 Å². The average Bonchev–Trinajstić information content (AvgIpc) is 3.02. The molecule has 0 radical (unpaired) electrons. The highest BCUT2D eigenvalue weighted by Crippen LogP contribution is 2.28. The van der Waals surface area contributed by atoms with Gasteiger partial charge in [-0.05, 0) is 43.7 Å². The summed E-state index contributed by atoms with van der Waals surface area (Å²) < 4.78 is 16.7. The summed E-state index contributed by atoms with van der Waals surface area (Å²) in [6.45, 7) is 4.21. The second-order valence-corrected chi connectivity index (χ2v) is 5.31.